The lowest BCUT2D eigenvalue weighted by molar-refractivity contribution is -0.142. The highest BCUT2D eigenvalue weighted by atomic mass is 35.5. The van der Waals surface area contributed by atoms with Crippen LogP contribution in [0, 0.1) is 12.3 Å². The van der Waals surface area contributed by atoms with Gasteiger partial charge in [-0.15, -0.1) is 24.8 Å². The maximum atomic E-state index is 12.8. The molecule has 2 N–H and O–H groups in total. The van der Waals surface area contributed by atoms with E-state index in [9.17, 15) is 4.79 Å². The number of rotatable bonds is 5. The Labute approximate surface area is 168 Å². The molecule has 1 atom stereocenters. The van der Waals surface area contributed by atoms with Crippen molar-refractivity contribution >= 4 is 30.7 Å². The van der Waals surface area contributed by atoms with Gasteiger partial charge in [-0.25, -0.2) is 0 Å². The average Bonchev–Trinajstić information content (AvgIpc) is 3.01. The topological polar surface area (TPSA) is 73.4 Å². The van der Waals surface area contributed by atoms with Gasteiger partial charge in [0.2, 0.25) is 5.91 Å². The quantitative estimate of drug-likeness (QED) is 0.814. The number of aryl methyl sites for hydroxylation is 1. The number of nitrogens with zero attached hydrogens (tertiary/aromatic N) is 3. The van der Waals surface area contributed by atoms with Gasteiger partial charge >= 0.3 is 0 Å². The lowest BCUT2D eigenvalue weighted by Gasteiger charge is -2.39. The highest BCUT2D eigenvalue weighted by Crippen LogP contribution is 2.38. The number of ether oxygens (including phenoxy) is 1. The van der Waals surface area contributed by atoms with Gasteiger partial charge in [-0.05, 0) is 37.3 Å². The van der Waals surface area contributed by atoms with Gasteiger partial charge in [0.15, 0.2) is 0 Å². The van der Waals surface area contributed by atoms with E-state index < -0.39 is 0 Å². The molecule has 3 rings (SSSR count). The van der Waals surface area contributed by atoms with Crippen LogP contribution in [0.25, 0.3) is 0 Å². The number of morpholine rings is 1. The van der Waals surface area contributed by atoms with Crippen molar-refractivity contribution in [3.63, 3.8) is 0 Å². The van der Waals surface area contributed by atoms with Crippen LogP contribution < -0.4 is 5.73 Å². The predicted molar refractivity (Wildman–Crippen MR) is 107 cm³/mol. The minimum Gasteiger partial charge on any atom is -0.373 e. The molecule has 1 aliphatic heterocycles. The molecule has 1 aromatic rings. The molecule has 2 heterocycles. The molecule has 0 aromatic carbocycles. The molecular formula is C18H32Cl2N4O2. The normalized spacial score (nSPS) is 22.2. The molecule has 26 heavy (non-hydrogen) atoms. The van der Waals surface area contributed by atoms with Crippen LogP contribution in [0.15, 0.2) is 12.4 Å². The molecule has 150 valence electrons. The Kier molecular flexibility index (Phi) is 9.38. The van der Waals surface area contributed by atoms with E-state index in [1.807, 2.05) is 28.9 Å². The molecule has 1 aromatic heterocycles. The van der Waals surface area contributed by atoms with Gasteiger partial charge < -0.3 is 15.4 Å². The van der Waals surface area contributed by atoms with E-state index in [-0.39, 0.29) is 42.2 Å². The second kappa shape index (κ2) is 10.5. The third-order valence-corrected chi connectivity index (χ3v) is 5.52. The van der Waals surface area contributed by atoms with Crippen LogP contribution >= 0.6 is 24.8 Å². The molecule has 1 aliphatic carbocycles. The maximum absolute atomic E-state index is 12.8. The molecule has 0 spiro atoms. The van der Waals surface area contributed by atoms with Gasteiger partial charge in [-0.1, -0.05) is 19.3 Å². The van der Waals surface area contributed by atoms with E-state index in [1.165, 1.54) is 19.3 Å². The van der Waals surface area contributed by atoms with Crippen LogP contribution in [0.1, 0.15) is 44.1 Å². The van der Waals surface area contributed by atoms with E-state index in [2.05, 4.69) is 5.10 Å². The number of amides is 1. The fourth-order valence-corrected chi connectivity index (χ4v) is 4.02. The first kappa shape index (κ1) is 23.2. The van der Waals surface area contributed by atoms with E-state index >= 15 is 0 Å². The third kappa shape index (κ3) is 5.84. The van der Waals surface area contributed by atoms with Crippen molar-refractivity contribution in [2.75, 3.05) is 26.2 Å². The summed E-state index contributed by atoms with van der Waals surface area (Å²) in [6.07, 6.45) is 10.3. The fourth-order valence-electron chi connectivity index (χ4n) is 4.02. The molecule has 0 bridgehead atoms. The Bertz CT molecular complexity index is 561. The molecule has 8 heteroatoms. The van der Waals surface area contributed by atoms with E-state index in [1.54, 1.807) is 0 Å². The lowest BCUT2D eigenvalue weighted by Crippen LogP contribution is -2.49. The number of hydrogen-bond donors (Lipinski definition) is 1. The van der Waals surface area contributed by atoms with Gasteiger partial charge in [-0.3, -0.25) is 9.48 Å². The molecule has 2 aliphatic rings. The smallest absolute Gasteiger partial charge is 0.223 e. The lowest BCUT2D eigenvalue weighted by atomic mass is 9.71. The van der Waals surface area contributed by atoms with E-state index in [4.69, 9.17) is 10.5 Å². The molecule has 1 saturated heterocycles. The summed E-state index contributed by atoms with van der Waals surface area (Å²) in [6.45, 7) is 5.29. The summed E-state index contributed by atoms with van der Waals surface area (Å²) in [7, 11) is 0. The second-order valence-electron chi connectivity index (χ2n) is 7.51. The Morgan fingerprint density at radius 1 is 1.35 bits per heavy atom. The van der Waals surface area contributed by atoms with Gasteiger partial charge in [0, 0.05) is 25.7 Å². The van der Waals surface area contributed by atoms with Crippen molar-refractivity contribution in [1.82, 2.24) is 14.7 Å². The van der Waals surface area contributed by atoms with Gasteiger partial charge in [0.25, 0.3) is 0 Å². The summed E-state index contributed by atoms with van der Waals surface area (Å²) in [5.74, 6) is 0.243. The average molecular weight is 407 g/mol. The Balaban J connectivity index is 0.00000169. The van der Waals surface area contributed by atoms with Crippen molar-refractivity contribution in [3.8, 4) is 0 Å². The van der Waals surface area contributed by atoms with Gasteiger partial charge in [0.1, 0.15) is 0 Å². The van der Waals surface area contributed by atoms with Crippen LogP contribution in [0.3, 0.4) is 0 Å². The van der Waals surface area contributed by atoms with Crippen molar-refractivity contribution < 1.29 is 9.53 Å². The van der Waals surface area contributed by atoms with Crippen molar-refractivity contribution in [2.45, 2.75) is 58.1 Å². The molecule has 1 amide bonds. The highest BCUT2D eigenvalue weighted by molar-refractivity contribution is 5.85. The summed E-state index contributed by atoms with van der Waals surface area (Å²) in [5, 5.41) is 4.31. The molecule has 0 radical (unpaired) electrons. The molecule has 2 fully saturated rings. The van der Waals surface area contributed by atoms with Crippen LogP contribution in [0.2, 0.25) is 0 Å². The number of carbonyl (C=O) groups is 1. The summed E-state index contributed by atoms with van der Waals surface area (Å²) < 4.78 is 7.73. The van der Waals surface area contributed by atoms with Crippen molar-refractivity contribution in [2.24, 2.45) is 11.1 Å². The second-order valence-corrected chi connectivity index (χ2v) is 7.51. The van der Waals surface area contributed by atoms with Gasteiger partial charge in [0.05, 0.1) is 25.5 Å². The monoisotopic (exact) mass is 406 g/mol. The SMILES string of the molecule is Cc1cnn(CC2CN(C(=O)CC3(CN)CCCCC3)CCO2)c1.Cl.Cl. The number of carbonyl (C=O) groups excluding carboxylic acids is 1. The Morgan fingerprint density at radius 3 is 2.69 bits per heavy atom. The first-order chi connectivity index (χ1) is 11.6. The standard InChI is InChI=1S/C18H30N4O2.2ClH/c1-15-10-20-22(11-15)13-16-12-21(7-8-24-16)17(23)9-18(14-19)5-3-2-4-6-18;;/h10-11,16H,2-9,12-14,19H2,1H3;2*1H. The molecule has 6 nitrogen and oxygen atoms in total. The summed E-state index contributed by atoms with van der Waals surface area (Å²) in [6, 6.07) is 0. The van der Waals surface area contributed by atoms with E-state index in [0.29, 0.717) is 39.2 Å². The largest absolute Gasteiger partial charge is 0.373 e. The summed E-state index contributed by atoms with van der Waals surface area (Å²) >= 11 is 0. The highest BCUT2D eigenvalue weighted by Gasteiger charge is 2.35. The van der Waals surface area contributed by atoms with Crippen molar-refractivity contribution in [3.05, 3.63) is 18.0 Å². The first-order valence-electron chi connectivity index (χ1n) is 9.19. The zero-order chi connectivity index (χ0) is 17.0. The fraction of sp³-hybridized carbons (Fsp3) is 0.778. The maximum Gasteiger partial charge on any atom is 0.223 e. The number of hydrogen-bond acceptors (Lipinski definition) is 4. The predicted octanol–water partition coefficient (Wildman–Crippen LogP) is 2.56. The minimum atomic E-state index is 0. The number of halogens is 2. The number of nitrogens with two attached hydrogens (primary N) is 1. The van der Waals surface area contributed by atoms with Crippen molar-refractivity contribution in [1.29, 1.82) is 0 Å². The van der Waals surface area contributed by atoms with Crippen LogP contribution in [-0.2, 0) is 16.1 Å². The molecule has 1 saturated carbocycles. The first-order valence-corrected chi connectivity index (χ1v) is 9.19. The molecular weight excluding hydrogens is 375 g/mol. The molecule has 1 unspecified atom stereocenters. The van der Waals surface area contributed by atoms with Crippen LogP contribution in [0.5, 0.6) is 0 Å². The zero-order valence-corrected chi connectivity index (χ0v) is 17.2. The zero-order valence-electron chi connectivity index (χ0n) is 15.6. The van der Waals surface area contributed by atoms with E-state index in [0.717, 1.165) is 18.4 Å². The summed E-state index contributed by atoms with van der Waals surface area (Å²) in [5.41, 5.74) is 7.21. The van der Waals surface area contributed by atoms with Crippen LogP contribution in [0.4, 0.5) is 0 Å². The Morgan fingerprint density at radius 2 is 2.08 bits per heavy atom. The Hall–Kier alpha value is -0.820. The summed E-state index contributed by atoms with van der Waals surface area (Å²) in [4.78, 5) is 14.8. The number of aromatic nitrogens is 2. The third-order valence-electron chi connectivity index (χ3n) is 5.52. The minimum absolute atomic E-state index is 0. The van der Waals surface area contributed by atoms with Gasteiger partial charge in [-0.2, -0.15) is 5.10 Å². The van der Waals surface area contributed by atoms with Crippen LogP contribution in [-0.4, -0.2) is 52.9 Å².